The number of para-hydroxylation sites is 1. The molecular formula is C14H8BrClN2O. The Bertz CT molecular complexity index is 748. The van der Waals surface area contributed by atoms with Crippen molar-refractivity contribution < 1.29 is 4.74 Å². The SMILES string of the molecule is Clc1nccc(Oc2cnc3ccccc3c2)c1Br. The van der Waals surface area contributed by atoms with E-state index in [0.29, 0.717) is 21.1 Å². The van der Waals surface area contributed by atoms with Crippen LogP contribution in [0.3, 0.4) is 0 Å². The fourth-order valence-electron chi connectivity index (χ4n) is 1.71. The number of benzene rings is 1. The average Bonchev–Trinajstić information content (AvgIpc) is 2.44. The van der Waals surface area contributed by atoms with Crippen LogP contribution < -0.4 is 4.74 Å². The van der Waals surface area contributed by atoms with Gasteiger partial charge in [0.25, 0.3) is 0 Å². The van der Waals surface area contributed by atoms with Crippen LogP contribution in [0.2, 0.25) is 5.15 Å². The van der Waals surface area contributed by atoms with Gasteiger partial charge >= 0.3 is 0 Å². The molecule has 0 amide bonds. The molecule has 94 valence electrons. The Labute approximate surface area is 123 Å². The first kappa shape index (κ1) is 12.4. The van der Waals surface area contributed by atoms with Gasteiger partial charge in [0.05, 0.1) is 16.2 Å². The van der Waals surface area contributed by atoms with E-state index in [4.69, 9.17) is 16.3 Å². The van der Waals surface area contributed by atoms with Gasteiger partial charge < -0.3 is 4.74 Å². The number of fused-ring (bicyclic) bond motifs is 1. The average molecular weight is 336 g/mol. The Balaban J connectivity index is 1.99. The highest BCUT2D eigenvalue weighted by molar-refractivity contribution is 9.10. The summed E-state index contributed by atoms with van der Waals surface area (Å²) in [4.78, 5) is 8.29. The predicted molar refractivity (Wildman–Crippen MR) is 78.8 cm³/mol. The van der Waals surface area contributed by atoms with Gasteiger partial charge in [0.2, 0.25) is 0 Å². The van der Waals surface area contributed by atoms with E-state index in [-0.39, 0.29) is 0 Å². The maximum atomic E-state index is 5.92. The molecule has 0 bridgehead atoms. The first-order valence-electron chi connectivity index (χ1n) is 5.57. The molecule has 1 aromatic carbocycles. The maximum Gasteiger partial charge on any atom is 0.146 e. The summed E-state index contributed by atoms with van der Waals surface area (Å²) < 4.78 is 6.39. The van der Waals surface area contributed by atoms with Crippen LogP contribution in [0.25, 0.3) is 10.9 Å². The molecule has 0 fully saturated rings. The summed E-state index contributed by atoms with van der Waals surface area (Å²) in [5.74, 6) is 1.26. The molecule has 0 spiro atoms. The second-order valence-electron chi connectivity index (χ2n) is 3.88. The zero-order valence-corrected chi connectivity index (χ0v) is 12.0. The van der Waals surface area contributed by atoms with Crippen molar-refractivity contribution in [1.29, 1.82) is 0 Å². The van der Waals surface area contributed by atoms with E-state index >= 15 is 0 Å². The zero-order valence-electron chi connectivity index (χ0n) is 9.68. The second-order valence-corrected chi connectivity index (χ2v) is 5.03. The molecule has 0 atom stereocenters. The van der Waals surface area contributed by atoms with Crippen LogP contribution in [-0.4, -0.2) is 9.97 Å². The summed E-state index contributed by atoms with van der Waals surface area (Å²) in [6, 6.07) is 11.5. The Morgan fingerprint density at radius 3 is 2.84 bits per heavy atom. The van der Waals surface area contributed by atoms with E-state index in [1.165, 1.54) is 0 Å². The molecule has 19 heavy (non-hydrogen) atoms. The smallest absolute Gasteiger partial charge is 0.146 e. The maximum absolute atomic E-state index is 5.92. The van der Waals surface area contributed by atoms with Crippen LogP contribution in [0.1, 0.15) is 0 Å². The lowest BCUT2D eigenvalue weighted by Crippen LogP contribution is -1.89. The van der Waals surface area contributed by atoms with Crippen molar-refractivity contribution >= 4 is 38.4 Å². The van der Waals surface area contributed by atoms with E-state index in [2.05, 4.69) is 25.9 Å². The van der Waals surface area contributed by atoms with Crippen molar-refractivity contribution in [2.75, 3.05) is 0 Å². The fourth-order valence-corrected chi connectivity index (χ4v) is 2.18. The van der Waals surface area contributed by atoms with Gasteiger partial charge in [0, 0.05) is 17.6 Å². The number of hydrogen-bond donors (Lipinski definition) is 0. The van der Waals surface area contributed by atoms with Gasteiger partial charge in [-0.15, -0.1) is 0 Å². The number of halogens is 2. The molecule has 0 aliphatic heterocycles. The topological polar surface area (TPSA) is 35.0 Å². The zero-order chi connectivity index (χ0) is 13.2. The summed E-state index contributed by atoms with van der Waals surface area (Å²) in [5, 5.41) is 1.39. The van der Waals surface area contributed by atoms with Crippen molar-refractivity contribution in [3.05, 3.63) is 58.4 Å². The normalized spacial score (nSPS) is 10.6. The monoisotopic (exact) mass is 334 g/mol. The van der Waals surface area contributed by atoms with Crippen molar-refractivity contribution in [1.82, 2.24) is 9.97 Å². The molecule has 5 heteroatoms. The number of aromatic nitrogens is 2. The highest BCUT2D eigenvalue weighted by Gasteiger charge is 2.07. The third-order valence-corrected chi connectivity index (χ3v) is 3.89. The van der Waals surface area contributed by atoms with E-state index in [0.717, 1.165) is 10.9 Å². The minimum absolute atomic E-state index is 0.367. The van der Waals surface area contributed by atoms with Gasteiger partial charge in [-0.05, 0) is 28.1 Å². The highest BCUT2D eigenvalue weighted by atomic mass is 79.9. The minimum atomic E-state index is 0.367. The third-order valence-electron chi connectivity index (χ3n) is 2.60. The number of pyridine rings is 2. The Kier molecular flexibility index (Phi) is 3.36. The predicted octanol–water partition coefficient (Wildman–Crippen LogP) is 4.84. The van der Waals surface area contributed by atoms with E-state index < -0.39 is 0 Å². The van der Waals surface area contributed by atoms with Gasteiger partial charge in [-0.2, -0.15) is 0 Å². The molecule has 0 aliphatic carbocycles. The fraction of sp³-hybridized carbons (Fsp3) is 0. The van der Waals surface area contributed by atoms with Crippen LogP contribution in [0.15, 0.2) is 53.3 Å². The molecule has 3 rings (SSSR count). The summed E-state index contributed by atoms with van der Waals surface area (Å²) in [5.41, 5.74) is 0.932. The highest BCUT2D eigenvalue weighted by Crippen LogP contribution is 2.33. The molecule has 3 nitrogen and oxygen atoms in total. The lowest BCUT2D eigenvalue weighted by Gasteiger charge is -2.08. The van der Waals surface area contributed by atoms with E-state index in [1.807, 2.05) is 30.3 Å². The van der Waals surface area contributed by atoms with Gasteiger partial charge in [-0.3, -0.25) is 4.98 Å². The molecule has 0 saturated carbocycles. The molecular weight excluding hydrogens is 328 g/mol. The van der Waals surface area contributed by atoms with Crippen molar-refractivity contribution in [3.63, 3.8) is 0 Å². The van der Waals surface area contributed by atoms with Crippen LogP contribution in [-0.2, 0) is 0 Å². The number of nitrogens with zero attached hydrogens (tertiary/aromatic N) is 2. The Morgan fingerprint density at radius 2 is 1.95 bits per heavy atom. The lowest BCUT2D eigenvalue weighted by atomic mass is 10.2. The van der Waals surface area contributed by atoms with Crippen molar-refractivity contribution in [2.45, 2.75) is 0 Å². The van der Waals surface area contributed by atoms with Gasteiger partial charge in [-0.25, -0.2) is 4.98 Å². The van der Waals surface area contributed by atoms with Crippen molar-refractivity contribution in [2.24, 2.45) is 0 Å². The molecule has 0 unspecified atom stereocenters. The van der Waals surface area contributed by atoms with Crippen LogP contribution in [0.5, 0.6) is 11.5 Å². The molecule has 0 N–H and O–H groups in total. The summed E-state index contributed by atoms with van der Waals surface area (Å²) in [6.07, 6.45) is 3.28. The first-order valence-corrected chi connectivity index (χ1v) is 6.74. The van der Waals surface area contributed by atoms with Crippen LogP contribution >= 0.6 is 27.5 Å². The molecule has 0 aliphatic rings. The molecule has 2 aromatic heterocycles. The van der Waals surface area contributed by atoms with Crippen LogP contribution in [0.4, 0.5) is 0 Å². The summed E-state index contributed by atoms with van der Waals surface area (Å²) >= 11 is 9.27. The first-order chi connectivity index (χ1) is 9.24. The standard InChI is InChI=1S/C14H8BrClN2O/c15-13-12(5-6-17-14(13)16)19-10-7-9-3-1-2-4-11(9)18-8-10/h1-8H. The van der Waals surface area contributed by atoms with E-state index in [1.54, 1.807) is 18.5 Å². The minimum Gasteiger partial charge on any atom is -0.454 e. The number of ether oxygens (including phenoxy) is 1. The lowest BCUT2D eigenvalue weighted by molar-refractivity contribution is 0.477. The summed E-state index contributed by atoms with van der Waals surface area (Å²) in [7, 11) is 0. The Morgan fingerprint density at radius 1 is 1.11 bits per heavy atom. The molecule has 2 heterocycles. The second kappa shape index (κ2) is 5.15. The van der Waals surface area contributed by atoms with Gasteiger partial charge in [-0.1, -0.05) is 29.8 Å². The van der Waals surface area contributed by atoms with Crippen molar-refractivity contribution in [3.8, 4) is 11.5 Å². The van der Waals surface area contributed by atoms with E-state index in [9.17, 15) is 0 Å². The third kappa shape index (κ3) is 2.55. The number of hydrogen-bond acceptors (Lipinski definition) is 3. The van der Waals surface area contributed by atoms with Gasteiger partial charge in [0.15, 0.2) is 0 Å². The molecule has 0 saturated heterocycles. The molecule has 0 radical (unpaired) electrons. The van der Waals surface area contributed by atoms with Crippen LogP contribution in [0, 0.1) is 0 Å². The summed E-state index contributed by atoms with van der Waals surface area (Å²) in [6.45, 7) is 0. The number of rotatable bonds is 2. The van der Waals surface area contributed by atoms with Gasteiger partial charge in [0.1, 0.15) is 16.7 Å². The largest absolute Gasteiger partial charge is 0.454 e. The molecule has 3 aromatic rings. The quantitative estimate of drug-likeness (QED) is 0.629. The Hall–Kier alpha value is -1.65.